The lowest BCUT2D eigenvalue weighted by molar-refractivity contribution is -0.144. The zero-order valence-electron chi connectivity index (χ0n) is 25.5. The Morgan fingerprint density at radius 3 is 2.00 bits per heavy atom. The summed E-state index contributed by atoms with van der Waals surface area (Å²) in [6.45, 7) is 16.4. The van der Waals surface area contributed by atoms with E-state index >= 15 is 0 Å². The number of amides is 3. The average Bonchev–Trinajstić information content (AvgIpc) is 2.85. The molecule has 40 heavy (non-hydrogen) atoms. The van der Waals surface area contributed by atoms with Gasteiger partial charge in [-0.2, -0.15) is 0 Å². The largest absolute Gasteiger partial charge is 0.444 e. The first-order valence-corrected chi connectivity index (χ1v) is 14.0. The molecule has 0 spiro atoms. The standard InChI is InChI=1S/C32H47N3O5/c1-20(2)13-16-24(6)35(30(38)26(19-36)33-31(39)40-32(7,8)9)28(25-17-14-21(3)15-18-25)29(37)34-27-22(4)11-10-12-23(27)5/h10-12,14-15,17-18,20,24,26,28,36H,13,16,19H2,1-9H3,(H,33,39)(H,34,37). The van der Waals surface area contributed by atoms with E-state index < -0.39 is 36.3 Å². The molecule has 0 heterocycles. The van der Waals surface area contributed by atoms with Gasteiger partial charge in [0.25, 0.3) is 5.91 Å². The van der Waals surface area contributed by atoms with Crippen LogP contribution in [0.1, 0.15) is 82.7 Å². The lowest BCUT2D eigenvalue weighted by atomic mass is 9.96. The molecule has 8 heteroatoms. The highest BCUT2D eigenvalue weighted by atomic mass is 16.6. The summed E-state index contributed by atoms with van der Waals surface area (Å²) in [4.78, 5) is 42.4. The van der Waals surface area contributed by atoms with Crippen LogP contribution in [0, 0.1) is 26.7 Å². The van der Waals surface area contributed by atoms with Gasteiger partial charge in [0.05, 0.1) is 6.61 Å². The molecule has 2 aromatic carbocycles. The number of ether oxygens (including phenoxy) is 1. The van der Waals surface area contributed by atoms with Gasteiger partial charge in [-0.05, 0) is 83.9 Å². The molecule has 0 aliphatic rings. The molecular weight excluding hydrogens is 506 g/mol. The van der Waals surface area contributed by atoms with Crippen molar-refractivity contribution in [3.63, 3.8) is 0 Å². The fourth-order valence-corrected chi connectivity index (χ4v) is 4.52. The maximum absolute atomic E-state index is 14.1. The topological polar surface area (TPSA) is 108 Å². The van der Waals surface area contributed by atoms with Crippen molar-refractivity contribution >= 4 is 23.6 Å². The molecule has 3 amide bonds. The summed E-state index contributed by atoms with van der Waals surface area (Å²) in [6, 6.07) is 10.6. The number of carbonyl (C=O) groups excluding carboxylic acids is 3. The lowest BCUT2D eigenvalue weighted by Crippen LogP contribution is -2.56. The summed E-state index contributed by atoms with van der Waals surface area (Å²) >= 11 is 0. The number of aliphatic hydroxyl groups excluding tert-OH is 1. The maximum Gasteiger partial charge on any atom is 0.408 e. The lowest BCUT2D eigenvalue weighted by Gasteiger charge is -2.38. The molecule has 3 N–H and O–H groups in total. The zero-order valence-corrected chi connectivity index (χ0v) is 25.5. The van der Waals surface area contributed by atoms with Crippen LogP contribution in [0.2, 0.25) is 0 Å². The number of carbonyl (C=O) groups is 3. The Morgan fingerprint density at radius 1 is 0.925 bits per heavy atom. The van der Waals surface area contributed by atoms with Gasteiger partial charge in [-0.15, -0.1) is 0 Å². The minimum atomic E-state index is -1.29. The zero-order chi connectivity index (χ0) is 30.2. The second kappa shape index (κ2) is 14.3. The molecule has 0 fully saturated rings. The van der Waals surface area contributed by atoms with E-state index in [1.165, 1.54) is 4.90 Å². The highest BCUT2D eigenvalue weighted by molar-refractivity contribution is 6.00. The fraction of sp³-hybridized carbons (Fsp3) is 0.531. The third-order valence-electron chi connectivity index (χ3n) is 6.71. The smallest absolute Gasteiger partial charge is 0.408 e. The molecule has 3 atom stereocenters. The fourth-order valence-electron chi connectivity index (χ4n) is 4.52. The summed E-state index contributed by atoms with van der Waals surface area (Å²) in [7, 11) is 0. The molecular formula is C32H47N3O5. The summed E-state index contributed by atoms with van der Waals surface area (Å²) in [5, 5.41) is 15.8. The van der Waals surface area contributed by atoms with E-state index in [-0.39, 0.29) is 11.9 Å². The summed E-state index contributed by atoms with van der Waals surface area (Å²) in [5.74, 6) is -0.555. The highest BCUT2D eigenvalue weighted by Gasteiger charge is 2.39. The number of anilines is 1. The van der Waals surface area contributed by atoms with Crippen molar-refractivity contribution < 1.29 is 24.2 Å². The van der Waals surface area contributed by atoms with Gasteiger partial charge in [-0.3, -0.25) is 9.59 Å². The monoisotopic (exact) mass is 553 g/mol. The van der Waals surface area contributed by atoms with Crippen LogP contribution in [0.5, 0.6) is 0 Å². The quantitative estimate of drug-likeness (QED) is 0.324. The third kappa shape index (κ3) is 9.37. The Bertz CT molecular complexity index is 1130. The minimum Gasteiger partial charge on any atom is -0.444 e. The first-order valence-electron chi connectivity index (χ1n) is 14.0. The van der Waals surface area contributed by atoms with Crippen LogP contribution < -0.4 is 10.6 Å². The predicted octanol–water partition coefficient (Wildman–Crippen LogP) is 5.83. The van der Waals surface area contributed by atoms with Gasteiger partial charge in [0.1, 0.15) is 17.7 Å². The van der Waals surface area contributed by atoms with Crippen molar-refractivity contribution in [3.8, 4) is 0 Å². The van der Waals surface area contributed by atoms with Crippen molar-refractivity contribution in [2.45, 2.75) is 98.9 Å². The molecule has 0 aliphatic carbocycles. The molecule has 0 aromatic heterocycles. The number of aliphatic hydroxyl groups is 1. The van der Waals surface area contributed by atoms with E-state index in [9.17, 15) is 19.5 Å². The Labute approximate surface area is 239 Å². The molecule has 8 nitrogen and oxygen atoms in total. The number of nitrogens with zero attached hydrogens (tertiary/aromatic N) is 1. The van der Waals surface area contributed by atoms with Crippen LogP contribution in [0.3, 0.4) is 0 Å². The van der Waals surface area contributed by atoms with Gasteiger partial charge in [-0.25, -0.2) is 4.79 Å². The maximum atomic E-state index is 14.1. The predicted molar refractivity (Wildman–Crippen MR) is 159 cm³/mol. The third-order valence-corrected chi connectivity index (χ3v) is 6.71. The van der Waals surface area contributed by atoms with Crippen molar-refractivity contribution in [1.29, 1.82) is 0 Å². The van der Waals surface area contributed by atoms with E-state index in [1.54, 1.807) is 20.8 Å². The van der Waals surface area contributed by atoms with Crippen LogP contribution in [-0.4, -0.2) is 52.2 Å². The second-order valence-electron chi connectivity index (χ2n) is 12.0. The van der Waals surface area contributed by atoms with Crippen molar-refractivity contribution in [1.82, 2.24) is 10.2 Å². The summed E-state index contributed by atoms with van der Waals surface area (Å²) < 4.78 is 5.34. The Morgan fingerprint density at radius 2 is 1.50 bits per heavy atom. The Balaban J connectivity index is 2.60. The molecule has 0 bridgehead atoms. The normalized spacial score (nSPS) is 13.8. The van der Waals surface area contributed by atoms with Gasteiger partial charge < -0.3 is 25.4 Å². The summed E-state index contributed by atoms with van der Waals surface area (Å²) in [5.41, 5.74) is 3.37. The van der Waals surface area contributed by atoms with Crippen LogP contribution in [0.25, 0.3) is 0 Å². The minimum absolute atomic E-state index is 0.375. The van der Waals surface area contributed by atoms with Crippen molar-refractivity contribution in [2.75, 3.05) is 11.9 Å². The van der Waals surface area contributed by atoms with E-state index in [0.29, 0.717) is 23.6 Å². The van der Waals surface area contributed by atoms with E-state index in [4.69, 9.17) is 4.74 Å². The molecule has 3 unspecified atom stereocenters. The number of para-hydroxylation sites is 1. The first kappa shape index (κ1) is 32.8. The van der Waals surface area contributed by atoms with Crippen molar-refractivity contribution in [3.05, 3.63) is 64.7 Å². The molecule has 0 saturated carbocycles. The average molecular weight is 554 g/mol. The molecule has 2 aromatic rings. The van der Waals surface area contributed by atoms with Crippen LogP contribution in [0.4, 0.5) is 10.5 Å². The molecule has 2 rings (SSSR count). The van der Waals surface area contributed by atoms with E-state index in [0.717, 1.165) is 23.1 Å². The SMILES string of the molecule is Cc1ccc(C(C(=O)Nc2c(C)cccc2C)N(C(=O)C(CO)NC(=O)OC(C)(C)C)C(C)CCC(C)C)cc1. The first-order chi connectivity index (χ1) is 18.6. The Hall–Kier alpha value is -3.39. The van der Waals surface area contributed by atoms with E-state index in [1.807, 2.05) is 70.2 Å². The van der Waals surface area contributed by atoms with Gasteiger partial charge in [-0.1, -0.05) is 61.9 Å². The molecule has 0 radical (unpaired) electrons. The van der Waals surface area contributed by atoms with Crippen LogP contribution >= 0.6 is 0 Å². The van der Waals surface area contributed by atoms with E-state index in [2.05, 4.69) is 24.5 Å². The molecule has 220 valence electrons. The van der Waals surface area contributed by atoms with Crippen LogP contribution in [-0.2, 0) is 14.3 Å². The number of rotatable bonds is 11. The highest BCUT2D eigenvalue weighted by Crippen LogP contribution is 2.30. The van der Waals surface area contributed by atoms with Crippen molar-refractivity contribution in [2.24, 2.45) is 5.92 Å². The van der Waals surface area contributed by atoms with Crippen LogP contribution in [0.15, 0.2) is 42.5 Å². The van der Waals surface area contributed by atoms with Gasteiger partial charge in [0, 0.05) is 11.7 Å². The van der Waals surface area contributed by atoms with Gasteiger partial charge in [0.2, 0.25) is 5.91 Å². The number of hydrogen-bond donors (Lipinski definition) is 3. The molecule has 0 aliphatic heterocycles. The van der Waals surface area contributed by atoms with Gasteiger partial charge >= 0.3 is 6.09 Å². The number of aryl methyl sites for hydroxylation is 3. The summed E-state index contributed by atoms with van der Waals surface area (Å²) in [6.07, 6.45) is 0.641. The van der Waals surface area contributed by atoms with Gasteiger partial charge in [0.15, 0.2) is 0 Å². The number of benzene rings is 2. The number of alkyl carbamates (subject to hydrolysis) is 1. The Kier molecular flexibility index (Phi) is 11.7. The number of hydrogen-bond acceptors (Lipinski definition) is 5. The second-order valence-corrected chi connectivity index (χ2v) is 12.0. The number of nitrogens with one attached hydrogen (secondary N) is 2. The molecule has 0 saturated heterocycles.